The zero-order chi connectivity index (χ0) is 17.1. The number of hydrogen-bond acceptors (Lipinski definition) is 2. The van der Waals surface area contributed by atoms with Crippen molar-refractivity contribution in [2.75, 3.05) is 0 Å². The normalized spacial score (nSPS) is 21.0. The summed E-state index contributed by atoms with van der Waals surface area (Å²) in [5.74, 6) is 0.591. The molecule has 0 heterocycles. The van der Waals surface area contributed by atoms with E-state index in [1.54, 1.807) is 24.3 Å². The van der Waals surface area contributed by atoms with E-state index < -0.39 is 5.82 Å². The first-order chi connectivity index (χ1) is 11.6. The lowest BCUT2D eigenvalue weighted by Crippen LogP contribution is -2.25. The van der Waals surface area contributed by atoms with Gasteiger partial charge in [-0.2, -0.15) is 0 Å². The van der Waals surface area contributed by atoms with Crippen molar-refractivity contribution in [3.8, 4) is 5.75 Å². The molecule has 0 amide bonds. The van der Waals surface area contributed by atoms with Crippen LogP contribution >= 0.6 is 11.6 Å². The maximum Gasteiger partial charge on any atom is 0.314 e. The Morgan fingerprint density at radius 3 is 2.67 bits per heavy atom. The van der Waals surface area contributed by atoms with Crippen molar-refractivity contribution in [1.82, 2.24) is 0 Å². The minimum absolute atomic E-state index is 0.0178. The number of benzene rings is 2. The van der Waals surface area contributed by atoms with Crippen LogP contribution in [0.2, 0.25) is 5.02 Å². The number of carbonyl (C=O) groups excluding carboxylic acids is 1. The second kappa shape index (κ2) is 7.52. The van der Waals surface area contributed by atoms with Crippen LogP contribution < -0.4 is 4.74 Å². The minimum Gasteiger partial charge on any atom is -0.426 e. The van der Waals surface area contributed by atoms with Crippen LogP contribution in [0.1, 0.15) is 45.4 Å². The van der Waals surface area contributed by atoms with Crippen LogP contribution in [0.3, 0.4) is 0 Å². The molecule has 0 radical (unpaired) electrons. The van der Waals surface area contributed by atoms with Gasteiger partial charge in [-0.25, -0.2) is 4.39 Å². The van der Waals surface area contributed by atoms with Crippen LogP contribution in [-0.4, -0.2) is 5.97 Å². The lowest BCUT2D eigenvalue weighted by molar-refractivity contribution is -0.140. The number of esters is 1. The molecule has 1 aliphatic rings. The third-order valence-electron chi connectivity index (χ3n) is 4.97. The molecule has 0 aliphatic heterocycles. The van der Waals surface area contributed by atoms with Gasteiger partial charge in [0.2, 0.25) is 0 Å². The number of carbonyl (C=O) groups is 1. The first kappa shape index (κ1) is 17.2. The number of ether oxygens (including phenoxy) is 1. The average molecular weight is 349 g/mol. The first-order valence-electron chi connectivity index (χ1n) is 8.68. The highest BCUT2D eigenvalue weighted by molar-refractivity contribution is 6.31. The van der Waals surface area contributed by atoms with Crippen molar-refractivity contribution in [1.29, 1.82) is 0 Å². The molecule has 0 unspecified atom stereocenters. The predicted octanol–water partition coefficient (Wildman–Crippen LogP) is 6.14. The minimum atomic E-state index is -0.443. The van der Waals surface area contributed by atoms with Gasteiger partial charge in [-0.3, -0.25) is 4.79 Å². The number of rotatable bonds is 4. The topological polar surface area (TPSA) is 26.3 Å². The lowest BCUT2D eigenvalue weighted by atomic mass is 9.80. The first-order valence-corrected chi connectivity index (χ1v) is 9.05. The molecule has 0 aromatic heterocycles. The van der Waals surface area contributed by atoms with E-state index in [2.05, 4.69) is 6.92 Å². The van der Waals surface area contributed by atoms with Gasteiger partial charge in [0.15, 0.2) is 0 Å². The second-order valence-electron chi connectivity index (χ2n) is 6.67. The molecule has 2 aromatic rings. The second-order valence-corrected chi connectivity index (χ2v) is 7.08. The smallest absolute Gasteiger partial charge is 0.314 e. The van der Waals surface area contributed by atoms with E-state index in [4.69, 9.17) is 16.3 Å². The Balaban J connectivity index is 1.67. The van der Waals surface area contributed by atoms with Gasteiger partial charge in [0, 0.05) is 5.39 Å². The fourth-order valence-electron chi connectivity index (χ4n) is 3.60. The summed E-state index contributed by atoms with van der Waals surface area (Å²) in [6.45, 7) is 2.20. The van der Waals surface area contributed by atoms with E-state index in [0.717, 1.165) is 31.6 Å². The van der Waals surface area contributed by atoms with Gasteiger partial charge in [-0.15, -0.1) is 0 Å². The van der Waals surface area contributed by atoms with E-state index in [0.29, 0.717) is 16.5 Å². The standard InChI is InChI=1S/C20H22ClFO2/c1-2-3-13-4-6-14(7-5-13)20(23)24-16-9-10-17-15(12-16)8-11-18(21)19(17)22/h8-14H,2-7H2,1H3. The Bertz CT molecular complexity index is 736. The molecule has 1 saturated carbocycles. The molecule has 0 bridgehead atoms. The summed E-state index contributed by atoms with van der Waals surface area (Å²) in [6.07, 6.45) is 6.48. The lowest BCUT2D eigenvalue weighted by Gasteiger charge is -2.26. The fourth-order valence-corrected chi connectivity index (χ4v) is 3.77. The number of fused-ring (bicyclic) bond motifs is 1. The SMILES string of the molecule is CCCC1CCC(C(=O)Oc2ccc3c(F)c(Cl)ccc3c2)CC1. The molecule has 128 valence electrons. The van der Waals surface area contributed by atoms with E-state index >= 15 is 0 Å². The van der Waals surface area contributed by atoms with Crippen molar-refractivity contribution in [3.63, 3.8) is 0 Å². The molecule has 4 heteroatoms. The van der Waals surface area contributed by atoms with Gasteiger partial charge in [-0.05, 0) is 61.3 Å². The Hall–Kier alpha value is -1.61. The fraction of sp³-hybridized carbons (Fsp3) is 0.450. The zero-order valence-corrected chi connectivity index (χ0v) is 14.6. The van der Waals surface area contributed by atoms with Gasteiger partial charge in [0.1, 0.15) is 11.6 Å². The summed E-state index contributed by atoms with van der Waals surface area (Å²) in [6, 6.07) is 8.17. The Morgan fingerprint density at radius 1 is 1.21 bits per heavy atom. The van der Waals surface area contributed by atoms with Crippen LogP contribution in [0.15, 0.2) is 30.3 Å². The third kappa shape index (κ3) is 3.72. The van der Waals surface area contributed by atoms with Crippen molar-refractivity contribution >= 4 is 28.3 Å². The molecule has 1 aliphatic carbocycles. The Kier molecular flexibility index (Phi) is 5.40. The molecular formula is C20H22ClFO2. The van der Waals surface area contributed by atoms with Crippen LogP contribution in [0.5, 0.6) is 5.75 Å². The van der Waals surface area contributed by atoms with Crippen LogP contribution in [0.4, 0.5) is 4.39 Å². The highest BCUT2D eigenvalue weighted by atomic mass is 35.5. The average Bonchev–Trinajstić information content (AvgIpc) is 2.59. The predicted molar refractivity (Wildman–Crippen MR) is 94.9 cm³/mol. The molecule has 2 nitrogen and oxygen atoms in total. The summed E-state index contributed by atoms with van der Waals surface area (Å²) in [5, 5.41) is 1.20. The van der Waals surface area contributed by atoms with Gasteiger partial charge < -0.3 is 4.74 Å². The summed E-state index contributed by atoms with van der Waals surface area (Å²) in [4.78, 5) is 12.4. The quantitative estimate of drug-likeness (QED) is 0.489. The van der Waals surface area contributed by atoms with Crippen molar-refractivity contribution in [3.05, 3.63) is 41.2 Å². The Morgan fingerprint density at radius 2 is 1.96 bits per heavy atom. The van der Waals surface area contributed by atoms with Crippen LogP contribution in [0, 0.1) is 17.7 Å². The van der Waals surface area contributed by atoms with Crippen LogP contribution in [0.25, 0.3) is 10.8 Å². The van der Waals surface area contributed by atoms with Gasteiger partial charge in [0.25, 0.3) is 0 Å². The molecule has 2 aromatic carbocycles. The molecule has 0 saturated heterocycles. The van der Waals surface area contributed by atoms with E-state index in [9.17, 15) is 9.18 Å². The van der Waals surface area contributed by atoms with Crippen LogP contribution in [-0.2, 0) is 4.79 Å². The third-order valence-corrected chi connectivity index (χ3v) is 5.27. The summed E-state index contributed by atoms with van der Waals surface area (Å²) in [7, 11) is 0. The summed E-state index contributed by atoms with van der Waals surface area (Å²) >= 11 is 5.79. The number of halogens is 2. The van der Waals surface area contributed by atoms with Gasteiger partial charge in [0.05, 0.1) is 10.9 Å². The monoisotopic (exact) mass is 348 g/mol. The largest absolute Gasteiger partial charge is 0.426 e. The van der Waals surface area contributed by atoms with Crippen molar-refractivity contribution in [2.24, 2.45) is 11.8 Å². The Labute approximate surface area is 147 Å². The maximum atomic E-state index is 13.9. The summed E-state index contributed by atoms with van der Waals surface area (Å²) in [5.41, 5.74) is 0. The highest BCUT2D eigenvalue weighted by Crippen LogP contribution is 2.33. The summed E-state index contributed by atoms with van der Waals surface area (Å²) < 4.78 is 19.5. The zero-order valence-electron chi connectivity index (χ0n) is 13.9. The molecule has 3 rings (SSSR count). The van der Waals surface area contributed by atoms with Gasteiger partial charge in [-0.1, -0.05) is 37.4 Å². The molecule has 0 atom stereocenters. The molecule has 1 fully saturated rings. The molecular weight excluding hydrogens is 327 g/mol. The maximum absolute atomic E-state index is 13.9. The molecule has 24 heavy (non-hydrogen) atoms. The van der Waals surface area contributed by atoms with Crippen molar-refractivity contribution in [2.45, 2.75) is 45.4 Å². The van der Waals surface area contributed by atoms with E-state index in [1.165, 1.54) is 18.9 Å². The van der Waals surface area contributed by atoms with E-state index in [-0.39, 0.29) is 16.9 Å². The highest BCUT2D eigenvalue weighted by Gasteiger charge is 2.27. The van der Waals surface area contributed by atoms with Crippen molar-refractivity contribution < 1.29 is 13.9 Å². The van der Waals surface area contributed by atoms with Gasteiger partial charge >= 0.3 is 5.97 Å². The molecule has 0 spiro atoms. The number of hydrogen-bond donors (Lipinski definition) is 0. The molecule has 0 N–H and O–H groups in total. The van der Waals surface area contributed by atoms with E-state index in [1.807, 2.05) is 0 Å².